The van der Waals surface area contributed by atoms with E-state index in [0.717, 1.165) is 19.3 Å². The van der Waals surface area contributed by atoms with Crippen LogP contribution in [0.4, 0.5) is 0 Å². The predicted molar refractivity (Wildman–Crippen MR) is 66.4 cm³/mol. The Balaban J connectivity index is 1.95. The van der Waals surface area contributed by atoms with Gasteiger partial charge in [-0.1, -0.05) is 24.3 Å². The number of benzene rings is 1. The molecule has 82 valence electrons. The highest BCUT2D eigenvalue weighted by Gasteiger charge is 2.34. The molecule has 1 unspecified atom stereocenters. The minimum absolute atomic E-state index is 0.177. The molecule has 3 rings (SSSR count). The number of nitrogens with zero attached hydrogens (tertiary/aromatic N) is 1. The van der Waals surface area contributed by atoms with Gasteiger partial charge in [-0.2, -0.15) is 0 Å². The molecule has 1 aromatic carbocycles. The maximum absolute atomic E-state index is 6.54. The van der Waals surface area contributed by atoms with Gasteiger partial charge in [-0.3, -0.25) is 4.98 Å². The first-order valence-corrected chi connectivity index (χ1v) is 6.40. The van der Waals surface area contributed by atoms with E-state index in [9.17, 15) is 0 Å². The molecule has 0 aliphatic heterocycles. The van der Waals surface area contributed by atoms with E-state index in [0.29, 0.717) is 0 Å². The average molecular weight is 230 g/mol. The second-order valence-electron chi connectivity index (χ2n) is 4.46. The number of rotatable bonds is 2. The fraction of sp³-hybridized carbons (Fsp3) is 0.308. The highest BCUT2D eigenvalue weighted by atomic mass is 32.1. The smallest absolute Gasteiger partial charge is 0.0794 e. The Morgan fingerprint density at radius 2 is 2.25 bits per heavy atom. The summed E-state index contributed by atoms with van der Waals surface area (Å²) in [7, 11) is 0. The second kappa shape index (κ2) is 3.68. The van der Waals surface area contributed by atoms with Gasteiger partial charge in [0.05, 0.1) is 5.51 Å². The van der Waals surface area contributed by atoms with E-state index in [1.165, 1.54) is 16.0 Å². The summed E-state index contributed by atoms with van der Waals surface area (Å²) >= 11 is 1.69. The molecule has 2 nitrogen and oxygen atoms in total. The van der Waals surface area contributed by atoms with Crippen molar-refractivity contribution < 1.29 is 0 Å². The van der Waals surface area contributed by atoms with E-state index in [4.69, 9.17) is 5.73 Å². The summed E-state index contributed by atoms with van der Waals surface area (Å²) in [4.78, 5) is 5.39. The molecule has 2 aromatic rings. The lowest BCUT2D eigenvalue weighted by Gasteiger charge is -2.24. The van der Waals surface area contributed by atoms with Crippen LogP contribution < -0.4 is 5.73 Å². The van der Waals surface area contributed by atoms with E-state index in [1.807, 2.05) is 11.7 Å². The van der Waals surface area contributed by atoms with Crippen LogP contribution in [0.1, 0.15) is 22.4 Å². The van der Waals surface area contributed by atoms with Gasteiger partial charge >= 0.3 is 0 Å². The molecular formula is C13H14N2S. The molecule has 1 aliphatic rings. The Morgan fingerprint density at radius 3 is 3.06 bits per heavy atom. The maximum atomic E-state index is 6.54. The molecule has 0 saturated carbocycles. The van der Waals surface area contributed by atoms with Crippen LogP contribution in [0.2, 0.25) is 0 Å². The number of aryl methyl sites for hydroxylation is 1. The topological polar surface area (TPSA) is 38.9 Å². The van der Waals surface area contributed by atoms with Crippen LogP contribution >= 0.6 is 11.3 Å². The first kappa shape index (κ1) is 10.00. The number of aromatic nitrogens is 1. The summed E-state index contributed by atoms with van der Waals surface area (Å²) in [5.41, 5.74) is 11.0. The van der Waals surface area contributed by atoms with Crippen LogP contribution in [0.25, 0.3) is 0 Å². The SMILES string of the molecule is NC1(Cc2cncs2)CCc2ccccc21. The molecule has 0 bridgehead atoms. The van der Waals surface area contributed by atoms with Crippen LogP contribution in [-0.2, 0) is 18.4 Å². The molecule has 1 atom stereocenters. The Bertz CT molecular complexity index is 492. The van der Waals surface area contributed by atoms with Crippen molar-refractivity contribution in [3.05, 3.63) is 52.0 Å². The molecule has 3 heteroatoms. The molecule has 0 radical (unpaired) electrons. The third kappa shape index (κ3) is 1.56. The minimum Gasteiger partial charge on any atom is -0.321 e. The van der Waals surface area contributed by atoms with Crippen LogP contribution in [-0.4, -0.2) is 4.98 Å². The fourth-order valence-corrected chi connectivity index (χ4v) is 3.26. The maximum Gasteiger partial charge on any atom is 0.0794 e. The normalized spacial score (nSPS) is 23.3. The zero-order valence-corrected chi connectivity index (χ0v) is 9.83. The van der Waals surface area contributed by atoms with Crippen molar-refractivity contribution in [1.82, 2.24) is 4.98 Å². The second-order valence-corrected chi connectivity index (χ2v) is 5.43. The summed E-state index contributed by atoms with van der Waals surface area (Å²) < 4.78 is 0. The molecule has 0 saturated heterocycles. The van der Waals surface area contributed by atoms with Gasteiger partial charge in [0.1, 0.15) is 0 Å². The lowest BCUT2D eigenvalue weighted by molar-refractivity contribution is 0.442. The number of hydrogen-bond acceptors (Lipinski definition) is 3. The van der Waals surface area contributed by atoms with Gasteiger partial charge < -0.3 is 5.73 Å². The number of hydrogen-bond donors (Lipinski definition) is 1. The van der Waals surface area contributed by atoms with Crippen molar-refractivity contribution in [3.63, 3.8) is 0 Å². The highest BCUT2D eigenvalue weighted by Crippen LogP contribution is 2.37. The Kier molecular flexibility index (Phi) is 2.30. The van der Waals surface area contributed by atoms with E-state index in [-0.39, 0.29) is 5.54 Å². The lowest BCUT2D eigenvalue weighted by atomic mass is 9.89. The van der Waals surface area contributed by atoms with Crippen LogP contribution in [0.5, 0.6) is 0 Å². The first-order valence-electron chi connectivity index (χ1n) is 5.53. The summed E-state index contributed by atoms with van der Waals surface area (Å²) in [6, 6.07) is 8.54. The van der Waals surface area contributed by atoms with Gasteiger partial charge in [0.2, 0.25) is 0 Å². The third-order valence-electron chi connectivity index (χ3n) is 3.37. The molecular weight excluding hydrogens is 216 g/mol. The molecule has 0 fully saturated rings. The molecule has 1 heterocycles. The highest BCUT2D eigenvalue weighted by molar-refractivity contribution is 7.09. The van der Waals surface area contributed by atoms with Crippen molar-refractivity contribution in [2.75, 3.05) is 0 Å². The van der Waals surface area contributed by atoms with Gasteiger partial charge in [0, 0.05) is 23.0 Å². The van der Waals surface area contributed by atoms with Gasteiger partial charge in [-0.15, -0.1) is 11.3 Å². The standard InChI is InChI=1S/C13H14N2S/c14-13(7-11-8-15-9-16-11)6-5-10-3-1-2-4-12(10)13/h1-4,8-9H,5-7,14H2. The number of nitrogens with two attached hydrogens (primary N) is 1. The zero-order valence-electron chi connectivity index (χ0n) is 9.02. The van der Waals surface area contributed by atoms with Crippen LogP contribution in [0, 0.1) is 0 Å². The van der Waals surface area contributed by atoms with Gasteiger partial charge in [0.25, 0.3) is 0 Å². The number of thiazole rings is 1. The van der Waals surface area contributed by atoms with Crippen molar-refractivity contribution >= 4 is 11.3 Å². The quantitative estimate of drug-likeness (QED) is 0.861. The molecule has 16 heavy (non-hydrogen) atoms. The lowest BCUT2D eigenvalue weighted by Crippen LogP contribution is -2.36. The minimum atomic E-state index is -0.177. The average Bonchev–Trinajstić information content (AvgIpc) is 2.89. The van der Waals surface area contributed by atoms with Gasteiger partial charge in [-0.05, 0) is 24.0 Å². The summed E-state index contributed by atoms with van der Waals surface area (Å²) in [5, 5.41) is 0. The van der Waals surface area contributed by atoms with Crippen molar-refractivity contribution in [1.29, 1.82) is 0 Å². The first-order chi connectivity index (χ1) is 7.78. The molecule has 1 aliphatic carbocycles. The Morgan fingerprint density at radius 1 is 1.38 bits per heavy atom. The summed E-state index contributed by atoms with van der Waals surface area (Å²) in [6.45, 7) is 0. The van der Waals surface area contributed by atoms with Crippen molar-refractivity contribution in [2.24, 2.45) is 5.73 Å². The largest absolute Gasteiger partial charge is 0.321 e. The third-order valence-corrected chi connectivity index (χ3v) is 4.15. The molecule has 2 N–H and O–H groups in total. The van der Waals surface area contributed by atoms with E-state index in [1.54, 1.807) is 11.3 Å². The van der Waals surface area contributed by atoms with E-state index >= 15 is 0 Å². The van der Waals surface area contributed by atoms with E-state index in [2.05, 4.69) is 29.2 Å². The van der Waals surface area contributed by atoms with Crippen molar-refractivity contribution in [2.45, 2.75) is 24.8 Å². The van der Waals surface area contributed by atoms with Gasteiger partial charge in [0.15, 0.2) is 0 Å². The number of fused-ring (bicyclic) bond motifs is 1. The van der Waals surface area contributed by atoms with Crippen LogP contribution in [0.15, 0.2) is 36.0 Å². The van der Waals surface area contributed by atoms with E-state index < -0.39 is 0 Å². The van der Waals surface area contributed by atoms with Crippen molar-refractivity contribution in [3.8, 4) is 0 Å². The van der Waals surface area contributed by atoms with Gasteiger partial charge in [-0.25, -0.2) is 0 Å². The Hall–Kier alpha value is -1.19. The monoisotopic (exact) mass is 230 g/mol. The summed E-state index contributed by atoms with van der Waals surface area (Å²) in [6.07, 6.45) is 4.99. The predicted octanol–water partition coefficient (Wildman–Crippen LogP) is 2.49. The Labute approximate surface area is 99.1 Å². The molecule has 1 aromatic heterocycles. The molecule has 0 spiro atoms. The molecule has 0 amide bonds. The van der Waals surface area contributed by atoms with Crippen LogP contribution in [0.3, 0.4) is 0 Å². The fourth-order valence-electron chi connectivity index (χ4n) is 2.54. The summed E-state index contributed by atoms with van der Waals surface area (Å²) in [5.74, 6) is 0. The zero-order chi connectivity index (χ0) is 11.0.